The van der Waals surface area contributed by atoms with E-state index in [0.717, 1.165) is 28.6 Å². The van der Waals surface area contributed by atoms with E-state index in [1.807, 2.05) is 18.2 Å². The SMILES string of the molecule is CCC(CCO)NC(CN)c1cc(OC)ccc1Br. The molecule has 108 valence electrons. The van der Waals surface area contributed by atoms with E-state index in [2.05, 4.69) is 28.2 Å². The van der Waals surface area contributed by atoms with Crippen LogP contribution >= 0.6 is 15.9 Å². The molecule has 2 unspecified atom stereocenters. The zero-order chi connectivity index (χ0) is 14.3. The van der Waals surface area contributed by atoms with Crippen molar-refractivity contribution >= 4 is 15.9 Å². The number of aliphatic hydroxyl groups excluding tert-OH is 1. The van der Waals surface area contributed by atoms with E-state index >= 15 is 0 Å². The molecular formula is C14H23BrN2O2. The fourth-order valence-electron chi connectivity index (χ4n) is 2.05. The van der Waals surface area contributed by atoms with Crippen molar-refractivity contribution in [3.8, 4) is 5.75 Å². The Labute approximate surface area is 123 Å². The molecule has 0 saturated heterocycles. The van der Waals surface area contributed by atoms with Crippen LogP contribution in [0.25, 0.3) is 0 Å². The molecule has 5 heteroatoms. The van der Waals surface area contributed by atoms with Gasteiger partial charge in [-0.15, -0.1) is 0 Å². The number of hydrogen-bond donors (Lipinski definition) is 3. The molecular weight excluding hydrogens is 308 g/mol. The van der Waals surface area contributed by atoms with E-state index in [1.54, 1.807) is 7.11 Å². The molecule has 1 aromatic carbocycles. The molecule has 0 heterocycles. The zero-order valence-electron chi connectivity index (χ0n) is 11.5. The molecule has 4 nitrogen and oxygen atoms in total. The Morgan fingerprint density at radius 3 is 2.74 bits per heavy atom. The monoisotopic (exact) mass is 330 g/mol. The number of halogens is 1. The Hall–Kier alpha value is -0.620. The van der Waals surface area contributed by atoms with Crippen molar-refractivity contribution in [1.29, 1.82) is 0 Å². The van der Waals surface area contributed by atoms with Gasteiger partial charge in [0.1, 0.15) is 5.75 Å². The quantitative estimate of drug-likeness (QED) is 0.683. The summed E-state index contributed by atoms with van der Waals surface area (Å²) in [6.45, 7) is 2.78. The number of hydrogen-bond acceptors (Lipinski definition) is 4. The number of ether oxygens (including phenoxy) is 1. The Morgan fingerprint density at radius 1 is 1.47 bits per heavy atom. The number of nitrogens with one attached hydrogen (secondary N) is 1. The molecule has 0 aliphatic carbocycles. The molecule has 0 radical (unpaired) electrons. The van der Waals surface area contributed by atoms with Crippen LogP contribution in [0.15, 0.2) is 22.7 Å². The molecule has 2 atom stereocenters. The molecule has 0 bridgehead atoms. The summed E-state index contributed by atoms with van der Waals surface area (Å²) in [5, 5.41) is 12.6. The Kier molecular flexibility index (Phi) is 7.38. The predicted octanol–water partition coefficient (Wildman–Crippen LogP) is 2.21. The van der Waals surface area contributed by atoms with Gasteiger partial charge in [0.15, 0.2) is 0 Å². The van der Waals surface area contributed by atoms with Gasteiger partial charge in [-0.05, 0) is 36.6 Å². The van der Waals surface area contributed by atoms with Crippen LogP contribution in [0.3, 0.4) is 0 Å². The Morgan fingerprint density at radius 2 is 2.21 bits per heavy atom. The van der Waals surface area contributed by atoms with Gasteiger partial charge in [0, 0.05) is 29.7 Å². The Balaban J connectivity index is 2.89. The highest BCUT2D eigenvalue weighted by Gasteiger charge is 2.17. The van der Waals surface area contributed by atoms with Crippen LogP contribution in [-0.2, 0) is 0 Å². The van der Waals surface area contributed by atoms with Crippen LogP contribution in [0.4, 0.5) is 0 Å². The maximum atomic E-state index is 9.06. The molecule has 1 aromatic rings. The number of methoxy groups -OCH3 is 1. The molecule has 0 spiro atoms. The van der Waals surface area contributed by atoms with E-state index in [0.29, 0.717) is 6.54 Å². The first-order chi connectivity index (χ1) is 9.15. The normalized spacial score (nSPS) is 14.2. The minimum absolute atomic E-state index is 0.0426. The molecule has 0 aliphatic heterocycles. The second-order valence-corrected chi connectivity index (χ2v) is 5.31. The van der Waals surface area contributed by atoms with Crippen LogP contribution in [0.2, 0.25) is 0 Å². The molecule has 0 saturated carbocycles. The predicted molar refractivity (Wildman–Crippen MR) is 81.4 cm³/mol. The van der Waals surface area contributed by atoms with Crippen molar-refractivity contribution in [2.45, 2.75) is 31.8 Å². The minimum atomic E-state index is 0.0426. The van der Waals surface area contributed by atoms with Crippen LogP contribution in [0.5, 0.6) is 5.75 Å². The summed E-state index contributed by atoms with van der Waals surface area (Å²) in [5.74, 6) is 0.814. The highest BCUT2D eigenvalue weighted by atomic mass is 79.9. The van der Waals surface area contributed by atoms with Crippen LogP contribution in [0, 0.1) is 0 Å². The molecule has 4 N–H and O–H groups in total. The summed E-state index contributed by atoms with van der Waals surface area (Å²) in [6, 6.07) is 6.16. The molecule has 1 rings (SSSR count). The fourth-order valence-corrected chi connectivity index (χ4v) is 2.57. The van der Waals surface area contributed by atoms with Gasteiger partial charge in [0.05, 0.1) is 7.11 Å². The summed E-state index contributed by atoms with van der Waals surface area (Å²) < 4.78 is 6.26. The number of rotatable bonds is 8. The average Bonchev–Trinajstić information content (AvgIpc) is 2.44. The molecule has 0 aromatic heterocycles. The lowest BCUT2D eigenvalue weighted by Crippen LogP contribution is -2.37. The third-order valence-corrected chi connectivity index (χ3v) is 3.94. The lowest BCUT2D eigenvalue weighted by atomic mass is 10.0. The first-order valence-electron chi connectivity index (χ1n) is 6.56. The van der Waals surface area contributed by atoms with E-state index in [4.69, 9.17) is 15.6 Å². The molecule has 0 aliphatic rings. The van der Waals surface area contributed by atoms with Crippen molar-refractivity contribution in [3.63, 3.8) is 0 Å². The van der Waals surface area contributed by atoms with E-state index in [9.17, 15) is 0 Å². The third-order valence-electron chi connectivity index (χ3n) is 3.22. The number of nitrogens with two attached hydrogens (primary N) is 1. The highest BCUT2D eigenvalue weighted by molar-refractivity contribution is 9.10. The lowest BCUT2D eigenvalue weighted by molar-refractivity contribution is 0.255. The van der Waals surface area contributed by atoms with Crippen molar-refractivity contribution in [2.24, 2.45) is 5.73 Å². The first kappa shape index (κ1) is 16.4. The van der Waals surface area contributed by atoms with Crippen LogP contribution in [0.1, 0.15) is 31.4 Å². The molecule has 0 fully saturated rings. The summed E-state index contributed by atoms with van der Waals surface area (Å²) in [6.07, 6.45) is 1.69. The fraction of sp³-hybridized carbons (Fsp3) is 0.571. The van der Waals surface area contributed by atoms with Crippen LogP contribution in [-0.4, -0.2) is 31.4 Å². The van der Waals surface area contributed by atoms with Gasteiger partial charge in [-0.3, -0.25) is 0 Å². The molecule has 19 heavy (non-hydrogen) atoms. The Bertz CT molecular complexity index is 388. The van der Waals surface area contributed by atoms with Crippen LogP contribution < -0.4 is 15.8 Å². The summed E-state index contributed by atoms with van der Waals surface area (Å²) >= 11 is 3.55. The van der Waals surface area contributed by atoms with Crippen molar-refractivity contribution in [1.82, 2.24) is 5.32 Å². The minimum Gasteiger partial charge on any atom is -0.497 e. The second-order valence-electron chi connectivity index (χ2n) is 4.46. The largest absolute Gasteiger partial charge is 0.497 e. The highest BCUT2D eigenvalue weighted by Crippen LogP contribution is 2.28. The third kappa shape index (κ3) is 4.76. The van der Waals surface area contributed by atoms with Crippen molar-refractivity contribution in [2.75, 3.05) is 20.3 Å². The second kappa shape index (κ2) is 8.53. The van der Waals surface area contributed by atoms with Gasteiger partial charge in [0.25, 0.3) is 0 Å². The first-order valence-corrected chi connectivity index (χ1v) is 7.35. The molecule has 0 amide bonds. The smallest absolute Gasteiger partial charge is 0.119 e. The zero-order valence-corrected chi connectivity index (χ0v) is 13.1. The van der Waals surface area contributed by atoms with Gasteiger partial charge in [-0.1, -0.05) is 22.9 Å². The lowest BCUT2D eigenvalue weighted by Gasteiger charge is -2.25. The van der Waals surface area contributed by atoms with Gasteiger partial charge in [-0.25, -0.2) is 0 Å². The maximum Gasteiger partial charge on any atom is 0.119 e. The van der Waals surface area contributed by atoms with Gasteiger partial charge in [0.2, 0.25) is 0 Å². The summed E-state index contributed by atoms with van der Waals surface area (Å²) in [4.78, 5) is 0. The summed E-state index contributed by atoms with van der Waals surface area (Å²) in [7, 11) is 1.65. The maximum absolute atomic E-state index is 9.06. The van der Waals surface area contributed by atoms with E-state index < -0.39 is 0 Å². The van der Waals surface area contributed by atoms with Gasteiger partial charge >= 0.3 is 0 Å². The van der Waals surface area contributed by atoms with E-state index in [1.165, 1.54) is 0 Å². The van der Waals surface area contributed by atoms with Gasteiger partial charge in [-0.2, -0.15) is 0 Å². The number of aliphatic hydroxyl groups is 1. The summed E-state index contributed by atoms with van der Waals surface area (Å²) in [5.41, 5.74) is 6.96. The van der Waals surface area contributed by atoms with Crippen molar-refractivity contribution in [3.05, 3.63) is 28.2 Å². The topological polar surface area (TPSA) is 67.5 Å². The van der Waals surface area contributed by atoms with Crippen molar-refractivity contribution < 1.29 is 9.84 Å². The van der Waals surface area contributed by atoms with Gasteiger partial charge < -0.3 is 20.9 Å². The number of benzene rings is 1. The van der Waals surface area contributed by atoms with E-state index in [-0.39, 0.29) is 18.7 Å². The standard InChI is InChI=1S/C14H23BrN2O2/c1-3-10(6-7-18)17-14(9-16)12-8-11(19-2)4-5-13(12)15/h4-5,8,10,14,17-18H,3,6-7,9,16H2,1-2H3. The average molecular weight is 331 g/mol.